The first-order valence-corrected chi connectivity index (χ1v) is 6.74. The maximum absolute atomic E-state index is 11.4. The van der Waals surface area contributed by atoms with E-state index < -0.39 is 4.92 Å². The molecule has 0 aliphatic carbocycles. The molecule has 0 atom stereocenters. The van der Waals surface area contributed by atoms with Gasteiger partial charge < -0.3 is 10.6 Å². The highest BCUT2D eigenvalue weighted by atomic mass is 16.6. The summed E-state index contributed by atoms with van der Waals surface area (Å²) >= 11 is 0. The van der Waals surface area contributed by atoms with Crippen molar-refractivity contribution in [3.63, 3.8) is 0 Å². The Balaban J connectivity index is 2.23. The summed E-state index contributed by atoms with van der Waals surface area (Å²) in [5.41, 5.74) is 1.03. The minimum atomic E-state index is -0.426. The van der Waals surface area contributed by atoms with Gasteiger partial charge in [-0.25, -0.2) is 4.79 Å². The number of rotatable bonds is 7. The second kappa shape index (κ2) is 8.14. The molecule has 0 saturated heterocycles. The van der Waals surface area contributed by atoms with Gasteiger partial charge >= 0.3 is 6.03 Å². The first kappa shape index (κ1) is 15.9. The van der Waals surface area contributed by atoms with Crippen molar-refractivity contribution >= 4 is 11.7 Å². The molecule has 0 fully saturated rings. The van der Waals surface area contributed by atoms with Crippen molar-refractivity contribution < 1.29 is 9.72 Å². The number of urea groups is 1. The van der Waals surface area contributed by atoms with Gasteiger partial charge in [-0.2, -0.15) is 0 Å². The lowest BCUT2D eigenvalue weighted by Gasteiger charge is -2.08. The highest BCUT2D eigenvalue weighted by molar-refractivity contribution is 5.73. The van der Waals surface area contributed by atoms with Crippen molar-refractivity contribution in [1.82, 2.24) is 10.6 Å². The zero-order valence-corrected chi connectivity index (χ0v) is 11.9. The molecule has 6 nitrogen and oxygen atoms in total. The Bertz CT molecular complexity index is 443. The van der Waals surface area contributed by atoms with E-state index in [9.17, 15) is 14.9 Å². The van der Waals surface area contributed by atoms with E-state index in [0.717, 1.165) is 12.0 Å². The lowest BCUT2D eigenvalue weighted by molar-refractivity contribution is -0.384. The molecule has 2 amide bonds. The van der Waals surface area contributed by atoms with E-state index in [1.54, 1.807) is 12.1 Å². The quantitative estimate of drug-likeness (QED) is 0.594. The van der Waals surface area contributed by atoms with Crippen molar-refractivity contribution in [2.45, 2.75) is 26.7 Å². The third kappa shape index (κ3) is 6.17. The SMILES string of the molecule is CC(C)CCNC(=O)NCCc1ccc([N+](=O)[O-])cc1. The molecule has 0 aliphatic rings. The van der Waals surface area contributed by atoms with E-state index in [-0.39, 0.29) is 11.7 Å². The molecule has 1 rings (SSSR count). The molecule has 0 aliphatic heterocycles. The lowest BCUT2D eigenvalue weighted by atomic mass is 10.1. The maximum atomic E-state index is 11.4. The summed E-state index contributed by atoms with van der Waals surface area (Å²) in [5.74, 6) is 0.565. The monoisotopic (exact) mass is 279 g/mol. The fourth-order valence-corrected chi connectivity index (χ4v) is 1.64. The van der Waals surface area contributed by atoms with Crippen LogP contribution >= 0.6 is 0 Å². The van der Waals surface area contributed by atoms with Gasteiger partial charge in [0.05, 0.1) is 4.92 Å². The number of amides is 2. The van der Waals surface area contributed by atoms with E-state index >= 15 is 0 Å². The minimum absolute atomic E-state index is 0.0770. The molecule has 6 heteroatoms. The second-order valence-electron chi connectivity index (χ2n) is 5.04. The molecule has 1 aromatic rings. The number of benzene rings is 1. The predicted octanol–water partition coefficient (Wildman–Crippen LogP) is 2.48. The van der Waals surface area contributed by atoms with Gasteiger partial charge in [-0.1, -0.05) is 26.0 Å². The molecule has 1 aromatic carbocycles. The van der Waals surface area contributed by atoms with Crippen LogP contribution in [0.5, 0.6) is 0 Å². The van der Waals surface area contributed by atoms with Crippen molar-refractivity contribution in [2.24, 2.45) is 5.92 Å². The molecule has 0 bridgehead atoms. The molecule has 0 heterocycles. The maximum Gasteiger partial charge on any atom is 0.314 e. The molecule has 2 N–H and O–H groups in total. The fourth-order valence-electron chi connectivity index (χ4n) is 1.64. The van der Waals surface area contributed by atoms with Crippen LogP contribution in [0.2, 0.25) is 0 Å². The lowest BCUT2D eigenvalue weighted by Crippen LogP contribution is -2.37. The number of nitro benzene ring substituents is 1. The Morgan fingerprint density at radius 1 is 1.20 bits per heavy atom. The molecule has 110 valence electrons. The molecule has 0 radical (unpaired) electrons. The van der Waals surface area contributed by atoms with Gasteiger partial charge in [-0.05, 0) is 24.3 Å². The molecular weight excluding hydrogens is 258 g/mol. The Hall–Kier alpha value is -2.11. The van der Waals surface area contributed by atoms with Crippen LogP contribution < -0.4 is 10.6 Å². The molecule has 0 aromatic heterocycles. The second-order valence-corrected chi connectivity index (χ2v) is 5.04. The van der Waals surface area contributed by atoms with Crippen molar-refractivity contribution in [2.75, 3.05) is 13.1 Å². The predicted molar refractivity (Wildman–Crippen MR) is 77.7 cm³/mol. The van der Waals surface area contributed by atoms with Crippen molar-refractivity contribution in [1.29, 1.82) is 0 Å². The smallest absolute Gasteiger partial charge is 0.314 e. The summed E-state index contributed by atoms with van der Waals surface area (Å²) in [7, 11) is 0. The van der Waals surface area contributed by atoms with Gasteiger partial charge in [0.2, 0.25) is 0 Å². The highest BCUT2D eigenvalue weighted by Gasteiger charge is 2.04. The number of carbonyl (C=O) groups excluding carboxylic acids is 1. The van der Waals surface area contributed by atoms with E-state index in [1.807, 2.05) is 0 Å². The van der Waals surface area contributed by atoms with Crippen LogP contribution in [0.3, 0.4) is 0 Å². The van der Waals surface area contributed by atoms with Gasteiger partial charge in [0.15, 0.2) is 0 Å². The first-order valence-electron chi connectivity index (χ1n) is 6.74. The van der Waals surface area contributed by atoms with Crippen LogP contribution in [-0.2, 0) is 6.42 Å². The average molecular weight is 279 g/mol. The minimum Gasteiger partial charge on any atom is -0.338 e. The van der Waals surface area contributed by atoms with Gasteiger partial charge in [0.1, 0.15) is 0 Å². The highest BCUT2D eigenvalue weighted by Crippen LogP contribution is 2.11. The number of hydrogen-bond donors (Lipinski definition) is 2. The van der Waals surface area contributed by atoms with Crippen molar-refractivity contribution in [3.8, 4) is 0 Å². The summed E-state index contributed by atoms with van der Waals surface area (Å²) in [6, 6.07) is 6.18. The van der Waals surface area contributed by atoms with Crippen LogP contribution in [0.25, 0.3) is 0 Å². The Labute approximate surface area is 118 Å². The van der Waals surface area contributed by atoms with Crippen LogP contribution in [0.15, 0.2) is 24.3 Å². The first-order chi connectivity index (χ1) is 9.49. The molecule has 0 saturated carbocycles. The van der Waals surface area contributed by atoms with E-state index in [2.05, 4.69) is 24.5 Å². The Morgan fingerprint density at radius 3 is 2.35 bits per heavy atom. The Morgan fingerprint density at radius 2 is 1.80 bits per heavy atom. The van der Waals surface area contributed by atoms with Gasteiger partial charge in [-0.3, -0.25) is 10.1 Å². The van der Waals surface area contributed by atoms with E-state index in [1.165, 1.54) is 12.1 Å². The number of nitro groups is 1. The van der Waals surface area contributed by atoms with Gasteiger partial charge in [0.25, 0.3) is 5.69 Å². The topological polar surface area (TPSA) is 84.3 Å². The van der Waals surface area contributed by atoms with Crippen molar-refractivity contribution in [3.05, 3.63) is 39.9 Å². The standard InChI is InChI=1S/C14H21N3O3/c1-11(2)7-9-15-14(18)16-10-8-12-3-5-13(6-4-12)17(19)20/h3-6,11H,7-10H2,1-2H3,(H2,15,16,18). The summed E-state index contributed by atoms with van der Waals surface area (Å²) in [6.07, 6.45) is 1.60. The van der Waals surface area contributed by atoms with E-state index in [0.29, 0.717) is 25.4 Å². The number of nitrogens with one attached hydrogen (secondary N) is 2. The number of nitrogens with zero attached hydrogens (tertiary/aromatic N) is 1. The zero-order valence-electron chi connectivity index (χ0n) is 11.9. The third-order valence-corrected chi connectivity index (χ3v) is 2.85. The number of carbonyl (C=O) groups is 1. The van der Waals surface area contributed by atoms with E-state index in [4.69, 9.17) is 0 Å². The summed E-state index contributed by atoms with van der Waals surface area (Å²) in [6.45, 7) is 5.38. The van der Waals surface area contributed by atoms with Crippen LogP contribution in [0, 0.1) is 16.0 Å². The molecule has 0 spiro atoms. The van der Waals surface area contributed by atoms with Gasteiger partial charge in [0, 0.05) is 25.2 Å². The summed E-state index contributed by atoms with van der Waals surface area (Å²) < 4.78 is 0. The number of non-ortho nitro benzene ring substituents is 1. The van der Waals surface area contributed by atoms with Crippen LogP contribution in [0.1, 0.15) is 25.8 Å². The largest absolute Gasteiger partial charge is 0.338 e. The Kier molecular flexibility index (Phi) is 6.49. The summed E-state index contributed by atoms with van der Waals surface area (Å²) in [5, 5.41) is 16.0. The molecule has 0 unspecified atom stereocenters. The summed E-state index contributed by atoms with van der Waals surface area (Å²) in [4.78, 5) is 21.5. The molecule has 20 heavy (non-hydrogen) atoms. The van der Waals surface area contributed by atoms with Crippen LogP contribution in [-0.4, -0.2) is 24.0 Å². The van der Waals surface area contributed by atoms with Crippen LogP contribution in [0.4, 0.5) is 10.5 Å². The third-order valence-electron chi connectivity index (χ3n) is 2.85. The normalized spacial score (nSPS) is 10.3. The number of hydrogen-bond acceptors (Lipinski definition) is 3. The zero-order chi connectivity index (χ0) is 15.0. The average Bonchev–Trinajstić information content (AvgIpc) is 2.39. The molecular formula is C14H21N3O3. The van der Waals surface area contributed by atoms with Gasteiger partial charge in [-0.15, -0.1) is 0 Å². The fraction of sp³-hybridized carbons (Fsp3) is 0.500.